The molecule has 1 rings (SSSR count). The molecule has 11 heavy (non-hydrogen) atoms. The minimum atomic E-state index is 0.378. The molecule has 1 unspecified atom stereocenters. The zero-order chi connectivity index (χ0) is 8.65. The van der Waals surface area contributed by atoms with E-state index in [9.17, 15) is 0 Å². The Kier molecular flexibility index (Phi) is 2.00. The lowest BCUT2D eigenvalue weighted by molar-refractivity contribution is 0.357. The summed E-state index contributed by atoms with van der Waals surface area (Å²) >= 11 is 0. The second-order valence-corrected chi connectivity index (χ2v) is 3.72. The van der Waals surface area contributed by atoms with Gasteiger partial charge in [0.2, 0.25) is 0 Å². The van der Waals surface area contributed by atoms with Crippen LogP contribution >= 0.6 is 0 Å². The summed E-state index contributed by atoms with van der Waals surface area (Å²) < 4.78 is 0. The van der Waals surface area contributed by atoms with Crippen LogP contribution < -0.4 is 0 Å². The highest BCUT2D eigenvalue weighted by molar-refractivity contribution is 5.36. The molecular weight excluding hydrogens is 134 g/mol. The van der Waals surface area contributed by atoms with Crippen molar-refractivity contribution in [3.8, 4) is 0 Å². The monoisotopic (exact) mass is 153 g/mol. The van der Waals surface area contributed by atoms with Crippen LogP contribution in [0.3, 0.4) is 0 Å². The van der Waals surface area contributed by atoms with Gasteiger partial charge in [-0.15, -0.1) is 0 Å². The van der Waals surface area contributed by atoms with Crippen LogP contribution in [0.15, 0.2) is 11.8 Å². The van der Waals surface area contributed by atoms with Crippen molar-refractivity contribution in [1.82, 2.24) is 4.90 Å². The molecule has 0 aliphatic carbocycles. The molecule has 0 spiro atoms. The first kappa shape index (κ1) is 8.63. The van der Waals surface area contributed by atoms with Crippen LogP contribution in [0.1, 0.15) is 34.6 Å². The Morgan fingerprint density at radius 2 is 2.09 bits per heavy atom. The van der Waals surface area contributed by atoms with Crippen molar-refractivity contribution in [1.29, 1.82) is 0 Å². The lowest BCUT2D eigenvalue weighted by Crippen LogP contribution is -2.20. The van der Waals surface area contributed by atoms with Crippen LogP contribution in [-0.4, -0.2) is 17.0 Å². The van der Waals surface area contributed by atoms with Crippen LogP contribution in [0.25, 0.3) is 0 Å². The Balaban J connectivity index is 2.77. The van der Waals surface area contributed by atoms with E-state index in [0.717, 1.165) is 12.5 Å². The predicted octanol–water partition coefficient (Wildman–Crippen LogP) is 2.64. The van der Waals surface area contributed by atoms with Gasteiger partial charge in [0.25, 0.3) is 0 Å². The minimum Gasteiger partial charge on any atom is -0.362 e. The van der Waals surface area contributed by atoms with E-state index in [1.165, 1.54) is 5.70 Å². The number of nitrogens with zero attached hydrogens (tertiary/aromatic N) is 1. The fourth-order valence-corrected chi connectivity index (χ4v) is 1.98. The molecule has 1 heterocycles. The summed E-state index contributed by atoms with van der Waals surface area (Å²) in [7, 11) is 0. The second-order valence-electron chi connectivity index (χ2n) is 3.72. The number of hydrogen-bond acceptors (Lipinski definition) is 1. The fraction of sp³-hybridized carbons (Fsp3) is 0.800. The maximum Gasteiger partial charge on any atom is 0.0789 e. The molecule has 0 aromatic rings. The summed E-state index contributed by atoms with van der Waals surface area (Å²) in [6.07, 6.45) is 2.24. The number of rotatable bonds is 2. The Hall–Kier alpha value is -0.460. The SMILES string of the molecule is C/C=C1/N(CC)C1(C)C(C)C. The molecular formula is C10H19N. The van der Waals surface area contributed by atoms with E-state index in [1.807, 2.05) is 0 Å². The average Bonchev–Trinajstić information content (AvgIpc) is 2.56. The third-order valence-electron chi connectivity index (χ3n) is 3.03. The van der Waals surface area contributed by atoms with Crippen molar-refractivity contribution in [3.05, 3.63) is 11.8 Å². The van der Waals surface area contributed by atoms with Gasteiger partial charge in [-0.2, -0.15) is 0 Å². The van der Waals surface area contributed by atoms with Gasteiger partial charge in [-0.1, -0.05) is 19.9 Å². The molecule has 0 bridgehead atoms. The maximum absolute atomic E-state index is 2.47. The number of allylic oxidation sites excluding steroid dienone is 1. The molecule has 1 saturated heterocycles. The van der Waals surface area contributed by atoms with Gasteiger partial charge in [-0.25, -0.2) is 0 Å². The van der Waals surface area contributed by atoms with Crippen LogP contribution in [-0.2, 0) is 0 Å². The van der Waals surface area contributed by atoms with E-state index in [4.69, 9.17) is 0 Å². The van der Waals surface area contributed by atoms with Crippen molar-refractivity contribution >= 4 is 0 Å². The van der Waals surface area contributed by atoms with Crippen LogP contribution in [0, 0.1) is 5.92 Å². The highest BCUT2D eigenvalue weighted by Gasteiger charge is 2.53. The van der Waals surface area contributed by atoms with Crippen LogP contribution in [0.5, 0.6) is 0 Å². The summed E-state index contributed by atoms with van der Waals surface area (Å²) in [6.45, 7) is 12.4. The lowest BCUT2D eigenvalue weighted by atomic mass is 9.96. The van der Waals surface area contributed by atoms with E-state index < -0.39 is 0 Å². The van der Waals surface area contributed by atoms with Crippen molar-refractivity contribution in [3.63, 3.8) is 0 Å². The topological polar surface area (TPSA) is 3.01 Å². The highest BCUT2D eigenvalue weighted by Crippen LogP contribution is 2.49. The summed E-state index contributed by atoms with van der Waals surface area (Å²) in [6, 6.07) is 0. The van der Waals surface area contributed by atoms with E-state index in [0.29, 0.717) is 5.54 Å². The summed E-state index contributed by atoms with van der Waals surface area (Å²) in [4.78, 5) is 2.47. The Morgan fingerprint density at radius 1 is 1.55 bits per heavy atom. The molecule has 0 amide bonds. The largest absolute Gasteiger partial charge is 0.362 e. The van der Waals surface area contributed by atoms with Crippen molar-refractivity contribution < 1.29 is 0 Å². The van der Waals surface area contributed by atoms with Crippen molar-refractivity contribution in [2.24, 2.45) is 5.92 Å². The number of hydrogen-bond donors (Lipinski definition) is 0. The first-order valence-corrected chi connectivity index (χ1v) is 4.53. The van der Waals surface area contributed by atoms with Gasteiger partial charge in [0.15, 0.2) is 0 Å². The van der Waals surface area contributed by atoms with Crippen LogP contribution in [0.2, 0.25) is 0 Å². The maximum atomic E-state index is 2.47. The van der Waals surface area contributed by atoms with Gasteiger partial charge in [-0.05, 0) is 26.7 Å². The normalized spacial score (nSPS) is 33.6. The van der Waals surface area contributed by atoms with E-state index >= 15 is 0 Å². The Bertz CT molecular complexity index is 181. The van der Waals surface area contributed by atoms with Gasteiger partial charge in [-0.3, -0.25) is 0 Å². The first-order chi connectivity index (χ1) is 5.08. The molecule has 0 saturated carbocycles. The Labute approximate surface area is 70.1 Å². The predicted molar refractivity (Wildman–Crippen MR) is 49.4 cm³/mol. The number of likely N-dealkylation sites (N-methyl/N-ethyl adjacent to an activating group) is 1. The fourth-order valence-electron chi connectivity index (χ4n) is 1.98. The zero-order valence-corrected chi connectivity index (χ0v) is 8.31. The zero-order valence-electron chi connectivity index (χ0n) is 8.31. The molecule has 1 fully saturated rings. The molecule has 1 atom stereocenters. The molecule has 1 nitrogen and oxygen atoms in total. The highest BCUT2D eigenvalue weighted by atomic mass is 15.4. The van der Waals surface area contributed by atoms with Gasteiger partial charge in [0.1, 0.15) is 0 Å². The van der Waals surface area contributed by atoms with E-state index in [1.54, 1.807) is 0 Å². The second kappa shape index (κ2) is 2.54. The lowest BCUT2D eigenvalue weighted by Gasteiger charge is -2.13. The summed E-state index contributed by atoms with van der Waals surface area (Å²) in [5.41, 5.74) is 1.90. The average molecular weight is 153 g/mol. The van der Waals surface area contributed by atoms with E-state index in [2.05, 4.69) is 45.6 Å². The molecule has 0 aromatic carbocycles. The van der Waals surface area contributed by atoms with Gasteiger partial charge < -0.3 is 4.90 Å². The summed E-state index contributed by atoms with van der Waals surface area (Å²) in [5.74, 6) is 0.730. The molecule has 1 aliphatic rings. The Morgan fingerprint density at radius 3 is 2.18 bits per heavy atom. The quantitative estimate of drug-likeness (QED) is 0.551. The van der Waals surface area contributed by atoms with E-state index in [-0.39, 0.29) is 0 Å². The van der Waals surface area contributed by atoms with Gasteiger partial charge >= 0.3 is 0 Å². The molecule has 1 heteroatoms. The van der Waals surface area contributed by atoms with Gasteiger partial charge in [0.05, 0.1) is 5.54 Å². The molecule has 0 radical (unpaired) electrons. The third-order valence-corrected chi connectivity index (χ3v) is 3.03. The van der Waals surface area contributed by atoms with Crippen molar-refractivity contribution in [2.75, 3.05) is 6.54 Å². The minimum absolute atomic E-state index is 0.378. The molecule has 0 aromatic heterocycles. The first-order valence-electron chi connectivity index (χ1n) is 4.53. The van der Waals surface area contributed by atoms with Crippen LogP contribution in [0.4, 0.5) is 0 Å². The van der Waals surface area contributed by atoms with Gasteiger partial charge in [0, 0.05) is 12.2 Å². The smallest absolute Gasteiger partial charge is 0.0789 e. The molecule has 0 N–H and O–H groups in total. The standard InChI is InChI=1S/C10H19N/c1-6-9-10(5,8(3)4)11(9)7-2/h6,8H,7H2,1-5H3/b9-6+. The molecule has 1 aliphatic heterocycles. The third kappa shape index (κ3) is 0.979. The molecule has 64 valence electrons. The van der Waals surface area contributed by atoms with Crippen molar-refractivity contribution in [2.45, 2.75) is 40.2 Å². The summed E-state index contributed by atoms with van der Waals surface area (Å²) in [5, 5.41) is 0.